The summed E-state index contributed by atoms with van der Waals surface area (Å²) >= 11 is 0. The maximum absolute atomic E-state index is 10.3. The molecule has 0 aliphatic heterocycles. The van der Waals surface area contributed by atoms with E-state index in [2.05, 4.69) is 26.7 Å². The molecule has 0 aromatic heterocycles. The molecule has 0 bridgehead atoms. The summed E-state index contributed by atoms with van der Waals surface area (Å²) in [5.74, 6) is 0. The zero-order chi connectivity index (χ0) is 30.0. The van der Waals surface area contributed by atoms with E-state index < -0.39 is 0 Å². The van der Waals surface area contributed by atoms with Crippen LogP contribution in [0.25, 0.3) is 48.0 Å². The van der Waals surface area contributed by atoms with E-state index in [4.69, 9.17) is 19.7 Å². The third-order valence-electron chi connectivity index (χ3n) is 6.96. The average Bonchev–Trinajstić information content (AvgIpc) is 3.53. The van der Waals surface area contributed by atoms with Gasteiger partial charge < -0.3 is 0 Å². The van der Waals surface area contributed by atoms with Crippen LogP contribution in [0.4, 0.5) is 5.69 Å². The van der Waals surface area contributed by atoms with Crippen LogP contribution in [-0.4, -0.2) is 0 Å². The van der Waals surface area contributed by atoms with Crippen molar-refractivity contribution in [2.45, 2.75) is 0 Å². The lowest BCUT2D eigenvalue weighted by molar-refractivity contribution is 1.47. The normalized spacial score (nSPS) is 14.9. The van der Waals surface area contributed by atoms with Crippen LogP contribution in [0.3, 0.4) is 0 Å². The summed E-state index contributed by atoms with van der Waals surface area (Å²) in [6.45, 7) is 22.6. The molecule has 0 amide bonds. The van der Waals surface area contributed by atoms with Crippen molar-refractivity contribution in [2.24, 2.45) is 0 Å². The molecule has 0 radical (unpaired) electrons. The van der Waals surface area contributed by atoms with Gasteiger partial charge in [0.15, 0.2) is 5.69 Å². The molecule has 5 rings (SSSR count). The first-order chi connectivity index (χ1) is 20.5. The Hall–Kier alpha value is -7.46. The van der Waals surface area contributed by atoms with Gasteiger partial charge in [-0.25, -0.2) is 25.1 Å². The lowest BCUT2D eigenvalue weighted by Gasteiger charge is -2.12. The molecule has 0 heterocycles. The minimum atomic E-state index is -0.265. The van der Waals surface area contributed by atoms with Gasteiger partial charge >= 0.3 is 0 Å². The van der Waals surface area contributed by atoms with E-state index in [0.717, 1.165) is 0 Å². The van der Waals surface area contributed by atoms with Gasteiger partial charge in [0.1, 0.15) is 12.1 Å². The van der Waals surface area contributed by atoms with E-state index >= 15 is 0 Å². The zero-order valence-electron chi connectivity index (χ0n) is 21.4. The number of allylic oxidation sites excluding steroid dienone is 8. The Morgan fingerprint density at radius 3 is 1.33 bits per heavy atom. The molecule has 8 nitrogen and oxygen atoms in total. The summed E-state index contributed by atoms with van der Waals surface area (Å²) in [7, 11) is 0. The fraction of sp³-hybridized carbons (Fsp3) is 0. The first-order valence-corrected chi connectivity index (χ1v) is 12.0. The molecule has 3 aromatic rings. The lowest BCUT2D eigenvalue weighted by Crippen LogP contribution is -1.95. The molecule has 0 spiro atoms. The van der Waals surface area contributed by atoms with Crippen LogP contribution in [-0.2, 0) is 0 Å². The molecule has 2 aliphatic carbocycles. The van der Waals surface area contributed by atoms with Crippen molar-refractivity contribution in [3.05, 3.63) is 145 Å². The second-order valence-corrected chi connectivity index (χ2v) is 8.91. The molecule has 0 saturated carbocycles. The van der Waals surface area contributed by atoms with Crippen molar-refractivity contribution in [1.29, 1.82) is 26.3 Å². The Morgan fingerprint density at radius 1 is 0.548 bits per heavy atom. The van der Waals surface area contributed by atoms with Crippen LogP contribution in [0.5, 0.6) is 0 Å². The second-order valence-electron chi connectivity index (χ2n) is 8.91. The molecule has 0 atom stereocenters. The molecule has 8 heteroatoms. The van der Waals surface area contributed by atoms with Gasteiger partial charge in [-0.1, -0.05) is 36.4 Å². The second kappa shape index (κ2) is 10.4. The number of benzene rings is 3. The first kappa shape index (κ1) is 26.2. The van der Waals surface area contributed by atoms with E-state index in [0.29, 0.717) is 55.8 Å². The summed E-state index contributed by atoms with van der Waals surface area (Å²) in [6, 6.07) is 26.3. The maximum atomic E-state index is 10.3. The molecular weight excluding hydrogens is 520 g/mol. The van der Waals surface area contributed by atoms with Gasteiger partial charge in [0.2, 0.25) is 0 Å². The van der Waals surface area contributed by atoms with Crippen molar-refractivity contribution in [3.63, 3.8) is 0 Å². The quantitative estimate of drug-likeness (QED) is 0.253. The molecule has 2 aliphatic rings. The average molecular weight is 531 g/mol. The Bertz CT molecular complexity index is 2040. The van der Waals surface area contributed by atoms with Gasteiger partial charge in [0.05, 0.1) is 54.6 Å². The van der Waals surface area contributed by atoms with E-state index in [9.17, 15) is 26.3 Å². The van der Waals surface area contributed by atoms with E-state index in [-0.39, 0.29) is 33.7 Å². The Kier molecular flexibility index (Phi) is 6.45. The third-order valence-corrected chi connectivity index (χ3v) is 6.96. The van der Waals surface area contributed by atoms with Crippen molar-refractivity contribution in [1.82, 2.24) is 0 Å². The number of nitrogens with zero attached hydrogens (tertiary/aromatic N) is 8. The largest absolute Gasteiger partial charge is 0.270 e. The van der Waals surface area contributed by atoms with Crippen LogP contribution < -0.4 is 0 Å². The standard InChI is InChI=1S/C34H10N8/c1-40-22-10-8-21(9-11-22)32-28(16-37)24-12-23-25(13-26(24)34(32)30(18-39)42-3)33(29(17-38)41-2)31(27(23)15-36)20-6-4-19(14-35)5-7-20/h4-13H/b33-29+,34-30-. The molecule has 186 valence electrons. The number of rotatable bonds is 2. The highest BCUT2D eigenvalue weighted by atomic mass is 14.7. The zero-order valence-corrected chi connectivity index (χ0v) is 21.4. The van der Waals surface area contributed by atoms with Crippen molar-refractivity contribution in [2.75, 3.05) is 0 Å². The molecule has 3 aromatic carbocycles. The van der Waals surface area contributed by atoms with Gasteiger partial charge in [-0.05, 0) is 57.7 Å². The molecule has 0 saturated heterocycles. The fourth-order valence-electron chi connectivity index (χ4n) is 5.20. The molecule has 0 N–H and O–H groups in total. The van der Waals surface area contributed by atoms with Crippen LogP contribution in [0.1, 0.15) is 38.9 Å². The van der Waals surface area contributed by atoms with Crippen molar-refractivity contribution >= 4 is 39.1 Å². The van der Waals surface area contributed by atoms with Crippen LogP contribution >= 0.6 is 0 Å². The van der Waals surface area contributed by atoms with Crippen molar-refractivity contribution in [3.8, 4) is 30.3 Å². The van der Waals surface area contributed by atoms with E-state index in [1.807, 2.05) is 18.2 Å². The fourth-order valence-corrected chi connectivity index (χ4v) is 5.20. The first-order valence-electron chi connectivity index (χ1n) is 12.0. The van der Waals surface area contributed by atoms with Crippen LogP contribution in [0.2, 0.25) is 0 Å². The molecule has 0 unspecified atom stereocenters. The van der Waals surface area contributed by atoms with Gasteiger partial charge in [-0.15, -0.1) is 0 Å². The topological polar surface area (TPSA) is 132 Å². The predicted molar refractivity (Wildman–Crippen MR) is 153 cm³/mol. The highest BCUT2D eigenvalue weighted by Gasteiger charge is 2.36. The third kappa shape index (κ3) is 3.78. The maximum Gasteiger partial charge on any atom is 0.270 e. The van der Waals surface area contributed by atoms with Gasteiger partial charge in [0.25, 0.3) is 11.4 Å². The Labute approximate surface area is 240 Å². The highest BCUT2D eigenvalue weighted by molar-refractivity contribution is 6.29. The predicted octanol–water partition coefficient (Wildman–Crippen LogP) is 7.31. The smallest absolute Gasteiger partial charge is 0.238 e. The number of fused-ring (bicyclic) bond motifs is 2. The summed E-state index contributed by atoms with van der Waals surface area (Å²) in [5, 5.41) is 49.7. The number of hydrogen-bond donors (Lipinski definition) is 0. The van der Waals surface area contributed by atoms with E-state index in [1.54, 1.807) is 60.7 Å². The Morgan fingerprint density at radius 2 is 0.976 bits per heavy atom. The lowest BCUT2D eigenvalue weighted by atomic mass is 9.91. The van der Waals surface area contributed by atoms with Gasteiger partial charge in [-0.3, -0.25) is 0 Å². The number of hydrogen-bond acceptors (Lipinski definition) is 5. The highest BCUT2D eigenvalue weighted by Crippen LogP contribution is 2.54. The van der Waals surface area contributed by atoms with E-state index in [1.165, 1.54) is 0 Å². The molecular formula is C34H10N8. The van der Waals surface area contributed by atoms with Crippen molar-refractivity contribution < 1.29 is 0 Å². The number of nitriles is 5. The minimum absolute atomic E-state index is 0.173. The summed E-state index contributed by atoms with van der Waals surface area (Å²) in [5.41, 5.74) is 4.24. The summed E-state index contributed by atoms with van der Waals surface area (Å²) < 4.78 is 0. The molecule has 42 heavy (non-hydrogen) atoms. The summed E-state index contributed by atoms with van der Waals surface area (Å²) in [4.78, 5) is 10.3. The monoisotopic (exact) mass is 530 g/mol. The SMILES string of the molecule is [C-]#[N+]/C(C#N)=C1\C(c2ccc([N+]#[C-])cc2)=C(C#N)c2cc3c(cc21)/C(=C(/C#N)[N+]#[C-])C(c1ccc(C#N)cc1)=C3C#N. The van der Waals surface area contributed by atoms with Crippen LogP contribution in [0, 0.1) is 76.4 Å². The van der Waals surface area contributed by atoms with Gasteiger partial charge in [0, 0.05) is 22.3 Å². The van der Waals surface area contributed by atoms with Gasteiger partial charge in [-0.2, -0.15) is 15.8 Å². The Balaban J connectivity index is 1.91. The van der Waals surface area contributed by atoms with Crippen LogP contribution in [0.15, 0.2) is 72.1 Å². The summed E-state index contributed by atoms with van der Waals surface area (Å²) in [6.07, 6.45) is 0. The minimum Gasteiger partial charge on any atom is -0.238 e. The molecule has 0 fully saturated rings.